The molecule has 0 bridgehead atoms. The average Bonchev–Trinajstić information content (AvgIpc) is 2.42. The molecule has 1 fully saturated rings. The van der Waals surface area contributed by atoms with Crippen molar-refractivity contribution < 1.29 is 14.6 Å². The Kier molecular flexibility index (Phi) is 4.07. The van der Waals surface area contributed by atoms with Crippen molar-refractivity contribution in [3.8, 4) is 11.5 Å². The zero-order valence-corrected chi connectivity index (χ0v) is 10.6. The Balaban J connectivity index is 2.15. The first-order valence-corrected chi connectivity index (χ1v) is 6.38. The summed E-state index contributed by atoms with van der Waals surface area (Å²) in [4.78, 5) is 0. The van der Waals surface area contributed by atoms with Gasteiger partial charge < -0.3 is 15.1 Å². The number of aromatic hydroxyl groups is 1. The van der Waals surface area contributed by atoms with Gasteiger partial charge in [-0.15, -0.1) is 0 Å². The molecule has 0 aromatic heterocycles. The highest BCUT2D eigenvalue weighted by Gasteiger charge is 2.19. The molecule has 0 unspecified atom stereocenters. The normalized spacial score (nSPS) is 17.7. The van der Waals surface area contributed by atoms with Crippen LogP contribution in [-0.4, -0.2) is 29.2 Å². The van der Waals surface area contributed by atoms with Gasteiger partial charge in [0.15, 0.2) is 23.8 Å². The number of phenolic OH excluding ortho intramolecular Hbond substituents is 1. The molecule has 1 aromatic rings. The van der Waals surface area contributed by atoms with E-state index < -0.39 is 0 Å². The van der Waals surface area contributed by atoms with Crippen LogP contribution >= 0.6 is 0 Å². The summed E-state index contributed by atoms with van der Waals surface area (Å²) >= 11 is 0. The highest BCUT2D eigenvalue weighted by molar-refractivity contribution is 5.77. The molecule has 4 heteroatoms. The van der Waals surface area contributed by atoms with Crippen LogP contribution in [0.1, 0.15) is 37.7 Å². The van der Waals surface area contributed by atoms with Crippen molar-refractivity contribution in [1.29, 1.82) is 0 Å². The molecule has 18 heavy (non-hydrogen) atoms. The minimum absolute atomic E-state index is 0.0877. The lowest BCUT2D eigenvalue weighted by atomic mass is 9.96. The van der Waals surface area contributed by atoms with Gasteiger partial charge in [0, 0.05) is 18.4 Å². The second kappa shape index (κ2) is 5.76. The molecule has 0 saturated heterocycles. The first-order valence-electron chi connectivity index (χ1n) is 6.38. The molecule has 1 aliphatic carbocycles. The second-order valence-electron chi connectivity index (χ2n) is 4.71. The van der Waals surface area contributed by atoms with Gasteiger partial charge in [0.2, 0.25) is 0 Å². The number of rotatable bonds is 3. The van der Waals surface area contributed by atoms with Crippen LogP contribution in [0.2, 0.25) is 0 Å². The monoisotopic (exact) mass is 249 g/mol. The summed E-state index contributed by atoms with van der Waals surface area (Å²) in [6, 6.07) is 5.02. The topological polar surface area (TPSA) is 55.5 Å². The Morgan fingerprint density at radius 3 is 2.72 bits per heavy atom. The summed E-state index contributed by atoms with van der Waals surface area (Å²) < 4.78 is 6.07. The van der Waals surface area contributed by atoms with Gasteiger partial charge in [-0.2, -0.15) is 0 Å². The predicted octanol–water partition coefficient (Wildman–Crippen LogP) is 2.66. The van der Waals surface area contributed by atoms with E-state index >= 15 is 0 Å². The summed E-state index contributed by atoms with van der Waals surface area (Å²) in [7, 11) is 1.49. The van der Waals surface area contributed by atoms with Crippen molar-refractivity contribution in [2.45, 2.75) is 38.1 Å². The zero-order chi connectivity index (χ0) is 13.0. The van der Waals surface area contributed by atoms with Crippen LogP contribution < -0.4 is 4.74 Å². The molecule has 0 radical (unpaired) electrons. The Labute approximate surface area is 107 Å². The summed E-state index contributed by atoms with van der Waals surface area (Å²) in [5.41, 5.74) is 0.755. The fourth-order valence-corrected chi connectivity index (χ4v) is 2.36. The Morgan fingerprint density at radius 1 is 1.33 bits per heavy atom. The van der Waals surface area contributed by atoms with Gasteiger partial charge in [0.25, 0.3) is 0 Å². The molecule has 98 valence electrons. The van der Waals surface area contributed by atoms with E-state index in [4.69, 9.17) is 4.74 Å². The molecular formula is C14H19NO3. The summed E-state index contributed by atoms with van der Waals surface area (Å²) in [5, 5.41) is 21.5. The number of methoxy groups -OCH3 is 1. The minimum atomic E-state index is 0.0877. The van der Waals surface area contributed by atoms with Crippen LogP contribution in [0.4, 0.5) is 0 Å². The quantitative estimate of drug-likeness (QED) is 0.388. The van der Waals surface area contributed by atoms with Crippen LogP contribution in [0, 0.1) is 5.21 Å². The summed E-state index contributed by atoms with van der Waals surface area (Å²) in [6.07, 6.45) is 7.02. The van der Waals surface area contributed by atoms with Gasteiger partial charge in [-0.3, -0.25) is 0 Å². The number of hydroxylamine groups is 1. The maximum Gasteiger partial charge on any atom is 0.182 e. The van der Waals surface area contributed by atoms with E-state index in [9.17, 15) is 10.3 Å². The zero-order valence-electron chi connectivity index (χ0n) is 10.6. The first-order chi connectivity index (χ1) is 8.70. The van der Waals surface area contributed by atoms with Crippen molar-refractivity contribution in [2.75, 3.05) is 7.11 Å². The van der Waals surface area contributed by atoms with Gasteiger partial charge >= 0.3 is 0 Å². The van der Waals surface area contributed by atoms with E-state index in [2.05, 4.69) is 0 Å². The van der Waals surface area contributed by atoms with E-state index in [1.165, 1.54) is 13.5 Å². The van der Waals surface area contributed by atoms with Crippen molar-refractivity contribution >= 4 is 6.21 Å². The van der Waals surface area contributed by atoms with Gasteiger partial charge in [0.05, 0.1) is 7.11 Å². The van der Waals surface area contributed by atoms with E-state index in [-0.39, 0.29) is 11.8 Å². The molecule has 4 nitrogen and oxygen atoms in total. The fraction of sp³-hybridized carbons (Fsp3) is 0.500. The number of phenols is 1. The van der Waals surface area contributed by atoms with Crippen LogP contribution in [0.3, 0.4) is 0 Å². The average molecular weight is 249 g/mol. The van der Waals surface area contributed by atoms with Gasteiger partial charge in [-0.05, 0) is 31.0 Å². The van der Waals surface area contributed by atoms with Crippen molar-refractivity contribution in [3.05, 3.63) is 29.0 Å². The maximum absolute atomic E-state index is 12.0. The third-order valence-corrected chi connectivity index (χ3v) is 3.41. The molecule has 0 heterocycles. The molecule has 0 amide bonds. The molecular weight excluding hydrogens is 230 g/mol. The lowest BCUT2D eigenvalue weighted by Crippen LogP contribution is -2.25. The highest BCUT2D eigenvalue weighted by Crippen LogP contribution is 2.26. The van der Waals surface area contributed by atoms with E-state index in [1.54, 1.807) is 24.4 Å². The number of hydrogen-bond donors (Lipinski definition) is 1. The molecule has 0 spiro atoms. The lowest BCUT2D eigenvalue weighted by molar-refractivity contribution is -0.500. The van der Waals surface area contributed by atoms with Crippen LogP contribution in [0.15, 0.2) is 18.2 Å². The smallest absolute Gasteiger partial charge is 0.182 e. The van der Waals surface area contributed by atoms with Crippen LogP contribution in [0.5, 0.6) is 11.5 Å². The Morgan fingerprint density at radius 2 is 2.06 bits per heavy atom. The molecule has 1 aromatic carbocycles. The fourth-order valence-electron chi connectivity index (χ4n) is 2.36. The lowest BCUT2D eigenvalue weighted by Gasteiger charge is -2.20. The standard InChI is InChI=1S/C14H19NO3/c1-18-14-9-11(7-8-13(14)16)10-15(17)12-5-3-2-4-6-12/h7-10,12,16H,2-6H2,1H3/b15-10-. The minimum Gasteiger partial charge on any atom is -0.624 e. The van der Waals surface area contributed by atoms with Crippen molar-refractivity contribution in [1.82, 2.24) is 0 Å². The third-order valence-electron chi connectivity index (χ3n) is 3.41. The molecule has 1 N–H and O–H groups in total. The third kappa shape index (κ3) is 2.94. The highest BCUT2D eigenvalue weighted by atomic mass is 16.5. The largest absolute Gasteiger partial charge is 0.624 e. The van der Waals surface area contributed by atoms with Gasteiger partial charge in [0.1, 0.15) is 0 Å². The first kappa shape index (κ1) is 12.7. The van der Waals surface area contributed by atoms with Crippen molar-refractivity contribution in [2.24, 2.45) is 0 Å². The van der Waals surface area contributed by atoms with Crippen LogP contribution in [-0.2, 0) is 0 Å². The Hall–Kier alpha value is -1.71. The molecule has 0 atom stereocenters. The van der Waals surface area contributed by atoms with E-state index in [0.717, 1.165) is 36.0 Å². The van der Waals surface area contributed by atoms with Gasteiger partial charge in [-0.1, -0.05) is 6.42 Å². The molecule has 1 saturated carbocycles. The predicted molar refractivity (Wildman–Crippen MR) is 70.3 cm³/mol. The maximum atomic E-state index is 12.0. The van der Waals surface area contributed by atoms with Gasteiger partial charge in [-0.25, -0.2) is 4.74 Å². The number of ether oxygens (including phenoxy) is 1. The number of benzene rings is 1. The van der Waals surface area contributed by atoms with Crippen molar-refractivity contribution in [3.63, 3.8) is 0 Å². The second-order valence-corrected chi connectivity index (χ2v) is 4.71. The molecule has 0 aliphatic heterocycles. The SMILES string of the molecule is COc1cc(/C=[N+](\[O-])C2CCCCC2)ccc1O. The summed E-state index contributed by atoms with van der Waals surface area (Å²) in [5.74, 6) is 0.477. The molecule has 2 rings (SSSR count). The number of hydrogen-bond acceptors (Lipinski definition) is 3. The van der Waals surface area contributed by atoms with Crippen LogP contribution in [0.25, 0.3) is 0 Å². The summed E-state index contributed by atoms with van der Waals surface area (Å²) in [6.45, 7) is 0. The Bertz CT molecular complexity index is 437. The van der Waals surface area contributed by atoms with E-state index in [0.29, 0.717) is 5.75 Å². The molecule has 1 aliphatic rings. The number of nitrogens with zero attached hydrogens (tertiary/aromatic N) is 1. The van der Waals surface area contributed by atoms with E-state index in [1.807, 2.05) is 0 Å².